The van der Waals surface area contributed by atoms with Crippen LogP contribution in [0.4, 0.5) is 14.5 Å². The van der Waals surface area contributed by atoms with Gasteiger partial charge in [0.1, 0.15) is 5.69 Å². The highest BCUT2D eigenvalue weighted by Crippen LogP contribution is 2.27. The zero-order valence-corrected chi connectivity index (χ0v) is 7.66. The lowest BCUT2D eigenvalue weighted by Gasteiger charge is -1.93. The van der Waals surface area contributed by atoms with E-state index in [0.29, 0.717) is 16.6 Å². The number of aromatic amines is 1. The summed E-state index contributed by atoms with van der Waals surface area (Å²) in [6.07, 6.45) is 1.43. The summed E-state index contributed by atoms with van der Waals surface area (Å²) < 4.78 is 25.4. The Morgan fingerprint density at radius 1 is 1.21 bits per heavy atom. The van der Waals surface area contributed by atoms with Crippen molar-refractivity contribution in [1.29, 1.82) is 5.53 Å². The fourth-order valence-corrected chi connectivity index (χ4v) is 1.19. The van der Waals surface area contributed by atoms with Gasteiger partial charge in [0.2, 0.25) is 0 Å². The van der Waals surface area contributed by atoms with E-state index in [0.717, 1.165) is 12.1 Å². The van der Waals surface area contributed by atoms with Crippen LogP contribution in [0.25, 0.3) is 10.9 Å². The van der Waals surface area contributed by atoms with Gasteiger partial charge >= 0.3 is 0 Å². The molecular formula is C8H6ClF2N3. The summed E-state index contributed by atoms with van der Waals surface area (Å²) in [6, 6.07) is 2.06. The van der Waals surface area contributed by atoms with Gasteiger partial charge in [-0.15, -0.1) is 12.4 Å². The molecule has 74 valence electrons. The quantitative estimate of drug-likeness (QED) is 0.687. The number of fused-ring (bicyclic) bond motifs is 1. The van der Waals surface area contributed by atoms with Crippen LogP contribution in [0.2, 0.25) is 0 Å². The van der Waals surface area contributed by atoms with Gasteiger partial charge in [-0.1, -0.05) is 0 Å². The molecule has 6 heteroatoms. The topological polar surface area (TPSA) is 52.0 Å². The van der Waals surface area contributed by atoms with E-state index in [-0.39, 0.29) is 12.4 Å². The monoisotopic (exact) mass is 217 g/mol. The number of benzene rings is 1. The van der Waals surface area contributed by atoms with Crippen molar-refractivity contribution in [1.82, 2.24) is 4.98 Å². The minimum Gasteiger partial charge on any atom is -0.359 e. The van der Waals surface area contributed by atoms with Gasteiger partial charge in [-0.05, 0) is 6.07 Å². The first-order valence-electron chi connectivity index (χ1n) is 3.56. The molecule has 0 atom stereocenters. The Bertz CT molecular complexity index is 481. The van der Waals surface area contributed by atoms with E-state index in [1.807, 2.05) is 0 Å². The minimum absolute atomic E-state index is 0. The predicted octanol–water partition coefficient (Wildman–Crippen LogP) is 3.53. The van der Waals surface area contributed by atoms with Crippen molar-refractivity contribution in [3.8, 4) is 0 Å². The molecule has 1 aromatic carbocycles. The Morgan fingerprint density at radius 3 is 2.50 bits per heavy atom. The third-order valence-electron chi connectivity index (χ3n) is 1.82. The van der Waals surface area contributed by atoms with Crippen LogP contribution in [-0.4, -0.2) is 4.98 Å². The van der Waals surface area contributed by atoms with Gasteiger partial charge in [-0.2, -0.15) is 5.11 Å². The summed E-state index contributed by atoms with van der Waals surface area (Å²) in [5.74, 6) is -1.84. The first-order valence-corrected chi connectivity index (χ1v) is 3.56. The predicted molar refractivity (Wildman–Crippen MR) is 50.3 cm³/mol. The summed E-state index contributed by atoms with van der Waals surface area (Å²) in [5, 5.41) is 3.57. The molecule has 2 N–H and O–H groups in total. The maximum Gasteiger partial charge on any atom is 0.160 e. The normalized spacial score (nSPS) is 9.86. The average molecular weight is 218 g/mol. The van der Waals surface area contributed by atoms with Crippen LogP contribution in [0, 0.1) is 17.2 Å². The van der Waals surface area contributed by atoms with E-state index in [4.69, 9.17) is 5.53 Å². The van der Waals surface area contributed by atoms with E-state index < -0.39 is 11.6 Å². The number of hydrogen-bond acceptors (Lipinski definition) is 2. The summed E-state index contributed by atoms with van der Waals surface area (Å²) in [5.41, 5.74) is 7.49. The van der Waals surface area contributed by atoms with Crippen LogP contribution in [-0.2, 0) is 0 Å². The van der Waals surface area contributed by atoms with Crippen molar-refractivity contribution in [3.05, 3.63) is 30.0 Å². The number of aromatic nitrogens is 1. The molecule has 1 heterocycles. The third kappa shape index (κ3) is 1.46. The van der Waals surface area contributed by atoms with Crippen molar-refractivity contribution in [2.75, 3.05) is 0 Å². The van der Waals surface area contributed by atoms with Crippen molar-refractivity contribution < 1.29 is 8.78 Å². The summed E-state index contributed by atoms with van der Waals surface area (Å²) in [4.78, 5) is 2.69. The smallest absolute Gasteiger partial charge is 0.160 e. The lowest BCUT2D eigenvalue weighted by molar-refractivity contribution is 0.511. The Morgan fingerprint density at radius 2 is 1.86 bits per heavy atom. The molecule has 3 nitrogen and oxygen atoms in total. The molecule has 2 aromatic rings. The highest BCUT2D eigenvalue weighted by atomic mass is 35.5. The lowest BCUT2D eigenvalue weighted by Crippen LogP contribution is -1.81. The SMILES string of the molecule is Cl.N=Nc1c[nH]c2cc(F)c(F)cc12. The second-order valence-electron chi connectivity index (χ2n) is 2.60. The van der Waals surface area contributed by atoms with E-state index in [1.54, 1.807) is 0 Å². The number of hydrogen-bond donors (Lipinski definition) is 2. The van der Waals surface area contributed by atoms with Gasteiger partial charge in [0.25, 0.3) is 0 Å². The van der Waals surface area contributed by atoms with E-state index >= 15 is 0 Å². The molecule has 0 saturated carbocycles. The van der Waals surface area contributed by atoms with E-state index in [9.17, 15) is 8.78 Å². The zero-order chi connectivity index (χ0) is 9.42. The van der Waals surface area contributed by atoms with Crippen LogP contribution in [0.1, 0.15) is 0 Å². The van der Waals surface area contributed by atoms with Crippen molar-refractivity contribution in [2.45, 2.75) is 0 Å². The van der Waals surface area contributed by atoms with Crippen LogP contribution in [0.3, 0.4) is 0 Å². The Balaban J connectivity index is 0.000000980. The van der Waals surface area contributed by atoms with Crippen LogP contribution in [0.15, 0.2) is 23.4 Å². The highest BCUT2D eigenvalue weighted by Gasteiger charge is 2.08. The van der Waals surface area contributed by atoms with Crippen molar-refractivity contribution in [2.24, 2.45) is 5.11 Å². The van der Waals surface area contributed by atoms with Crippen LogP contribution < -0.4 is 0 Å². The first kappa shape index (κ1) is 10.6. The molecule has 0 unspecified atom stereocenters. The lowest BCUT2D eigenvalue weighted by atomic mass is 10.2. The van der Waals surface area contributed by atoms with E-state index in [1.165, 1.54) is 6.20 Å². The Labute approximate surface area is 84.0 Å². The van der Waals surface area contributed by atoms with Crippen molar-refractivity contribution in [3.63, 3.8) is 0 Å². The van der Waals surface area contributed by atoms with Gasteiger partial charge in [-0.3, -0.25) is 0 Å². The first-order chi connectivity index (χ1) is 6.22. The molecule has 0 saturated heterocycles. The second kappa shape index (κ2) is 3.71. The summed E-state index contributed by atoms with van der Waals surface area (Å²) in [7, 11) is 0. The fourth-order valence-electron chi connectivity index (χ4n) is 1.19. The van der Waals surface area contributed by atoms with Gasteiger partial charge in [0.15, 0.2) is 11.6 Å². The van der Waals surface area contributed by atoms with Crippen molar-refractivity contribution >= 4 is 29.0 Å². The maximum atomic E-state index is 12.8. The average Bonchev–Trinajstić information content (AvgIpc) is 2.48. The second-order valence-corrected chi connectivity index (χ2v) is 2.60. The number of nitrogens with one attached hydrogen (secondary N) is 2. The largest absolute Gasteiger partial charge is 0.359 e. The van der Waals surface area contributed by atoms with Gasteiger partial charge < -0.3 is 4.98 Å². The minimum atomic E-state index is -0.933. The number of H-pyrrole nitrogens is 1. The molecule has 0 bridgehead atoms. The molecule has 0 radical (unpaired) electrons. The molecule has 0 aliphatic rings. The summed E-state index contributed by atoms with van der Waals surface area (Å²) >= 11 is 0. The molecule has 0 spiro atoms. The Kier molecular flexibility index (Phi) is 2.81. The standard InChI is InChI=1S/C8H5F2N3.ClH/c9-5-1-4-7(2-6(5)10)12-3-8(4)13-11;/h1-3,11-12H;1H. The van der Waals surface area contributed by atoms with Crippen LogP contribution >= 0.6 is 12.4 Å². The highest BCUT2D eigenvalue weighted by molar-refractivity contribution is 5.90. The van der Waals surface area contributed by atoms with Crippen LogP contribution in [0.5, 0.6) is 0 Å². The number of halogens is 3. The Hall–Kier alpha value is -1.49. The van der Waals surface area contributed by atoms with Gasteiger partial charge in [0, 0.05) is 17.6 Å². The number of nitrogens with zero attached hydrogens (tertiary/aromatic N) is 1. The zero-order valence-electron chi connectivity index (χ0n) is 6.84. The molecular weight excluding hydrogens is 212 g/mol. The van der Waals surface area contributed by atoms with Gasteiger partial charge in [0.05, 0.1) is 5.52 Å². The molecule has 0 aliphatic heterocycles. The molecule has 14 heavy (non-hydrogen) atoms. The molecule has 0 fully saturated rings. The maximum absolute atomic E-state index is 12.8. The molecule has 2 rings (SSSR count). The fraction of sp³-hybridized carbons (Fsp3) is 0. The molecule has 0 aliphatic carbocycles. The molecule has 1 aromatic heterocycles. The summed E-state index contributed by atoms with van der Waals surface area (Å²) in [6.45, 7) is 0. The third-order valence-corrected chi connectivity index (χ3v) is 1.82. The number of rotatable bonds is 1. The van der Waals surface area contributed by atoms with Gasteiger partial charge in [-0.25, -0.2) is 14.3 Å². The molecule has 0 amide bonds. The van der Waals surface area contributed by atoms with E-state index in [2.05, 4.69) is 10.1 Å².